The molecule has 0 aromatic heterocycles. The Morgan fingerprint density at radius 1 is 1.42 bits per heavy atom. The van der Waals surface area contributed by atoms with Gasteiger partial charge >= 0.3 is 0 Å². The van der Waals surface area contributed by atoms with Gasteiger partial charge in [0.15, 0.2) is 0 Å². The van der Waals surface area contributed by atoms with Crippen LogP contribution < -0.4 is 5.32 Å². The van der Waals surface area contributed by atoms with Crippen LogP contribution in [0.4, 0.5) is 0 Å². The van der Waals surface area contributed by atoms with Crippen LogP contribution in [0.15, 0.2) is 24.3 Å². The van der Waals surface area contributed by atoms with Gasteiger partial charge in [0.05, 0.1) is 6.61 Å². The molecule has 2 atom stereocenters. The molecular formula is C15H19NO3. The fourth-order valence-corrected chi connectivity index (χ4v) is 2.52. The number of ether oxygens (including phenoxy) is 1. The van der Waals surface area contributed by atoms with Crippen molar-refractivity contribution in [1.29, 1.82) is 0 Å². The van der Waals surface area contributed by atoms with E-state index < -0.39 is 5.41 Å². The molecular weight excluding hydrogens is 242 g/mol. The number of rotatable bonds is 5. The Kier molecular flexibility index (Phi) is 4.00. The number of benzene rings is 1. The van der Waals surface area contributed by atoms with Crippen molar-refractivity contribution in [2.24, 2.45) is 5.41 Å². The largest absolute Gasteiger partial charge is 0.380 e. The summed E-state index contributed by atoms with van der Waals surface area (Å²) in [6, 6.07) is 7.94. The van der Waals surface area contributed by atoms with Crippen molar-refractivity contribution >= 4 is 12.2 Å². The Balaban J connectivity index is 2.34. The second-order valence-electron chi connectivity index (χ2n) is 4.97. The Morgan fingerprint density at radius 3 is 2.68 bits per heavy atom. The molecule has 0 spiro atoms. The van der Waals surface area contributed by atoms with Crippen molar-refractivity contribution in [1.82, 2.24) is 5.32 Å². The standard InChI is InChI=1S/C15H19NO3/c1-3-19-10-15(9-17)13(8-16-14(15)18)12-6-4-11(2)5-7-12/h4-7,9,13H,3,8,10H2,1-2H3,(H,16,18). The predicted octanol–water partition coefficient (Wildman–Crippen LogP) is 1.43. The molecule has 1 aromatic carbocycles. The van der Waals surface area contributed by atoms with E-state index in [0.717, 1.165) is 17.4 Å². The van der Waals surface area contributed by atoms with Crippen molar-refractivity contribution in [3.8, 4) is 0 Å². The van der Waals surface area contributed by atoms with Crippen molar-refractivity contribution < 1.29 is 14.3 Å². The van der Waals surface area contributed by atoms with Crippen LogP contribution in [0.2, 0.25) is 0 Å². The van der Waals surface area contributed by atoms with Gasteiger partial charge in [-0.3, -0.25) is 4.79 Å². The van der Waals surface area contributed by atoms with Gasteiger partial charge in [0.2, 0.25) is 5.91 Å². The number of hydrogen-bond acceptors (Lipinski definition) is 3. The van der Waals surface area contributed by atoms with Gasteiger partial charge in [0, 0.05) is 19.1 Å². The van der Waals surface area contributed by atoms with Crippen LogP contribution >= 0.6 is 0 Å². The molecule has 1 fully saturated rings. The van der Waals surface area contributed by atoms with Gasteiger partial charge in [0.25, 0.3) is 0 Å². The molecule has 4 heteroatoms. The Morgan fingerprint density at radius 2 is 2.11 bits per heavy atom. The number of carbonyl (C=O) groups excluding carboxylic acids is 2. The zero-order valence-corrected chi connectivity index (χ0v) is 11.3. The lowest BCUT2D eigenvalue weighted by Crippen LogP contribution is -2.40. The van der Waals surface area contributed by atoms with Crippen LogP contribution in [0.3, 0.4) is 0 Å². The summed E-state index contributed by atoms with van der Waals surface area (Å²) in [5.41, 5.74) is 1.06. The fraction of sp³-hybridized carbons (Fsp3) is 0.467. The van der Waals surface area contributed by atoms with Gasteiger partial charge in [-0.2, -0.15) is 0 Å². The Labute approximate surface area is 113 Å². The van der Waals surface area contributed by atoms with Crippen molar-refractivity contribution in [3.63, 3.8) is 0 Å². The molecule has 102 valence electrons. The van der Waals surface area contributed by atoms with Crippen LogP contribution in [-0.2, 0) is 14.3 Å². The number of carbonyl (C=O) groups is 2. The van der Waals surface area contributed by atoms with E-state index >= 15 is 0 Å². The molecule has 1 saturated heterocycles. The SMILES string of the molecule is CCOCC1(C=O)C(=O)NCC1c1ccc(C)cc1. The minimum absolute atomic E-state index is 0.136. The maximum absolute atomic E-state index is 12.1. The monoisotopic (exact) mass is 261 g/mol. The quantitative estimate of drug-likeness (QED) is 0.644. The second kappa shape index (κ2) is 5.53. The molecule has 0 saturated carbocycles. The molecule has 19 heavy (non-hydrogen) atoms. The van der Waals surface area contributed by atoms with E-state index in [2.05, 4.69) is 5.32 Å². The molecule has 1 aliphatic rings. The normalized spacial score (nSPS) is 26.2. The first-order valence-corrected chi connectivity index (χ1v) is 6.53. The van der Waals surface area contributed by atoms with Crippen molar-refractivity contribution in [3.05, 3.63) is 35.4 Å². The first-order valence-electron chi connectivity index (χ1n) is 6.53. The number of amides is 1. The first kappa shape index (κ1) is 13.7. The highest BCUT2D eigenvalue weighted by atomic mass is 16.5. The number of nitrogens with one attached hydrogen (secondary N) is 1. The van der Waals surface area contributed by atoms with Gasteiger partial charge in [-0.15, -0.1) is 0 Å². The maximum atomic E-state index is 12.1. The van der Waals surface area contributed by atoms with Crippen LogP contribution in [0.25, 0.3) is 0 Å². The Hall–Kier alpha value is -1.68. The van der Waals surface area contributed by atoms with E-state index in [1.54, 1.807) is 0 Å². The molecule has 1 amide bonds. The van der Waals surface area contributed by atoms with E-state index in [0.29, 0.717) is 13.2 Å². The average molecular weight is 261 g/mol. The van der Waals surface area contributed by atoms with Crippen LogP contribution in [0.5, 0.6) is 0 Å². The minimum Gasteiger partial charge on any atom is -0.380 e. The summed E-state index contributed by atoms with van der Waals surface area (Å²) in [7, 11) is 0. The smallest absolute Gasteiger partial charge is 0.236 e. The summed E-state index contributed by atoms with van der Waals surface area (Å²) >= 11 is 0. The van der Waals surface area contributed by atoms with E-state index in [4.69, 9.17) is 4.74 Å². The molecule has 2 unspecified atom stereocenters. The molecule has 4 nitrogen and oxygen atoms in total. The van der Waals surface area contributed by atoms with Gasteiger partial charge in [-0.1, -0.05) is 29.8 Å². The third-order valence-corrected chi connectivity index (χ3v) is 3.75. The molecule has 1 heterocycles. The zero-order valence-electron chi connectivity index (χ0n) is 11.3. The Bertz CT molecular complexity index is 469. The van der Waals surface area contributed by atoms with Crippen LogP contribution in [-0.4, -0.2) is 32.0 Å². The fourth-order valence-electron chi connectivity index (χ4n) is 2.52. The minimum atomic E-state index is -1.09. The van der Waals surface area contributed by atoms with E-state index in [-0.39, 0.29) is 18.4 Å². The number of aldehydes is 1. The third-order valence-electron chi connectivity index (χ3n) is 3.75. The lowest BCUT2D eigenvalue weighted by atomic mass is 9.75. The van der Waals surface area contributed by atoms with Gasteiger partial charge in [-0.05, 0) is 19.4 Å². The topological polar surface area (TPSA) is 55.4 Å². The molecule has 1 aromatic rings. The van der Waals surface area contributed by atoms with Crippen LogP contribution in [0, 0.1) is 12.3 Å². The molecule has 2 rings (SSSR count). The molecule has 1 aliphatic heterocycles. The van der Waals surface area contributed by atoms with Gasteiger partial charge < -0.3 is 14.8 Å². The summed E-state index contributed by atoms with van der Waals surface area (Å²) in [4.78, 5) is 23.6. The number of aryl methyl sites for hydroxylation is 1. The summed E-state index contributed by atoms with van der Waals surface area (Å²) in [6.07, 6.45) is 0.746. The second-order valence-corrected chi connectivity index (χ2v) is 4.97. The summed E-state index contributed by atoms with van der Waals surface area (Å²) in [6.45, 7) is 4.97. The first-order chi connectivity index (χ1) is 9.14. The molecule has 0 bridgehead atoms. The van der Waals surface area contributed by atoms with Crippen LogP contribution in [0.1, 0.15) is 24.0 Å². The van der Waals surface area contributed by atoms with Crippen molar-refractivity contribution in [2.45, 2.75) is 19.8 Å². The average Bonchev–Trinajstić information content (AvgIpc) is 2.75. The van der Waals surface area contributed by atoms with E-state index in [9.17, 15) is 9.59 Å². The lowest BCUT2D eigenvalue weighted by molar-refractivity contribution is -0.137. The number of hydrogen-bond donors (Lipinski definition) is 1. The predicted molar refractivity (Wildman–Crippen MR) is 71.9 cm³/mol. The third kappa shape index (κ3) is 2.40. The lowest BCUT2D eigenvalue weighted by Gasteiger charge is -2.26. The van der Waals surface area contributed by atoms with Gasteiger partial charge in [-0.25, -0.2) is 0 Å². The van der Waals surface area contributed by atoms with E-state index in [1.165, 1.54) is 0 Å². The highest BCUT2D eigenvalue weighted by Crippen LogP contribution is 2.39. The van der Waals surface area contributed by atoms with E-state index in [1.807, 2.05) is 38.1 Å². The van der Waals surface area contributed by atoms with Gasteiger partial charge in [0.1, 0.15) is 11.7 Å². The zero-order chi connectivity index (χ0) is 13.9. The highest BCUT2D eigenvalue weighted by Gasteiger charge is 2.51. The van der Waals surface area contributed by atoms with Crippen molar-refractivity contribution in [2.75, 3.05) is 19.8 Å². The molecule has 0 aliphatic carbocycles. The maximum Gasteiger partial charge on any atom is 0.236 e. The molecule has 1 N–H and O–H groups in total. The molecule has 0 radical (unpaired) electrons. The summed E-state index contributed by atoms with van der Waals surface area (Å²) < 4.78 is 5.37. The highest BCUT2D eigenvalue weighted by molar-refractivity contribution is 6.00. The summed E-state index contributed by atoms with van der Waals surface area (Å²) in [5.74, 6) is -0.397. The summed E-state index contributed by atoms with van der Waals surface area (Å²) in [5, 5.41) is 2.78.